The van der Waals surface area contributed by atoms with Gasteiger partial charge in [0.15, 0.2) is 0 Å². The van der Waals surface area contributed by atoms with Crippen LogP contribution in [0.3, 0.4) is 0 Å². The highest BCUT2D eigenvalue weighted by atomic mass is 16.5. The van der Waals surface area contributed by atoms with Crippen LogP contribution in [0.25, 0.3) is 11.1 Å². The first-order chi connectivity index (χ1) is 16.9. The molecule has 0 heterocycles. The van der Waals surface area contributed by atoms with Crippen LogP contribution in [0.1, 0.15) is 49.1 Å². The van der Waals surface area contributed by atoms with Gasteiger partial charge < -0.3 is 25.8 Å². The summed E-state index contributed by atoms with van der Waals surface area (Å²) in [5.74, 6) is -2.36. The smallest absolute Gasteiger partial charge is 0.408 e. The minimum absolute atomic E-state index is 0.0952. The number of amides is 3. The topological polar surface area (TPSA) is 134 Å². The number of carboxylic acids is 1. The highest BCUT2D eigenvalue weighted by Crippen LogP contribution is 2.44. The van der Waals surface area contributed by atoms with E-state index in [2.05, 4.69) is 28.1 Å². The number of hydrogen-bond acceptors (Lipinski definition) is 5. The molecule has 2 aromatic rings. The van der Waals surface area contributed by atoms with E-state index in [9.17, 15) is 19.2 Å². The van der Waals surface area contributed by atoms with Gasteiger partial charge in [0, 0.05) is 5.92 Å². The number of aliphatic carboxylic acids is 1. The zero-order valence-corrected chi connectivity index (χ0v) is 19.3. The molecule has 2 aliphatic rings. The maximum atomic E-state index is 13.0. The van der Waals surface area contributed by atoms with Crippen molar-refractivity contribution in [1.82, 2.24) is 16.0 Å². The van der Waals surface area contributed by atoms with Gasteiger partial charge in [-0.2, -0.15) is 0 Å². The Balaban J connectivity index is 1.39. The summed E-state index contributed by atoms with van der Waals surface area (Å²) in [5.41, 5.74) is 3.27. The number of alkyl carbamates (subject to hydrolysis) is 1. The van der Waals surface area contributed by atoms with E-state index in [4.69, 9.17) is 9.84 Å². The molecule has 9 heteroatoms. The van der Waals surface area contributed by atoms with Crippen molar-refractivity contribution >= 4 is 23.9 Å². The minimum atomic E-state index is -1.18. The van der Waals surface area contributed by atoms with E-state index in [1.807, 2.05) is 36.4 Å². The van der Waals surface area contributed by atoms with Crippen LogP contribution in [-0.2, 0) is 19.1 Å². The number of fused-ring (bicyclic) bond motifs is 3. The molecule has 1 fully saturated rings. The Morgan fingerprint density at radius 1 is 0.857 bits per heavy atom. The summed E-state index contributed by atoms with van der Waals surface area (Å²) in [7, 11) is 0. The molecule has 0 saturated heterocycles. The average Bonchev–Trinajstić information content (AvgIpc) is 3.19. The molecule has 2 aliphatic carbocycles. The predicted molar refractivity (Wildman–Crippen MR) is 128 cm³/mol. The van der Waals surface area contributed by atoms with Gasteiger partial charge in [0.1, 0.15) is 18.7 Å². The molecule has 3 amide bonds. The van der Waals surface area contributed by atoms with E-state index in [0.717, 1.165) is 41.5 Å². The molecular formula is C26H29N3O6. The molecule has 0 aromatic heterocycles. The number of rotatable bonds is 8. The largest absolute Gasteiger partial charge is 0.480 e. The van der Waals surface area contributed by atoms with Crippen LogP contribution in [0.5, 0.6) is 0 Å². The number of carbonyl (C=O) groups excluding carboxylic acids is 3. The van der Waals surface area contributed by atoms with Gasteiger partial charge in [-0.05, 0) is 35.1 Å². The molecule has 184 valence electrons. The SMILES string of the molecule is O=C(O)CNC(=O)CNC(=O)C1(NC(=O)OCC2c3ccccc3-c3ccccc32)CCCCC1. The van der Waals surface area contributed by atoms with Crippen LogP contribution < -0.4 is 16.0 Å². The third kappa shape index (κ3) is 5.45. The van der Waals surface area contributed by atoms with Crippen LogP contribution in [-0.4, -0.2) is 54.2 Å². The quantitative estimate of drug-likeness (QED) is 0.460. The number of ether oxygens (including phenoxy) is 1. The van der Waals surface area contributed by atoms with Crippen molar-refractivity contribution in [1.29, 1.82) is 0 Å². The minimum Gasteiger partial charge on any atom is -0.480 e. The summed E-state index contributed by atoms with van der Waals surface area (Å²) >= 11 is 0. The van der Waals surface area contributed by atoms with E-state index in [-0.39, 0.29) is 19.1 Å². The molecule has 4 rings (SSSR count). The lowest BCUT2D eigenvalue weighted by Crippen LogP contribution is -2.60. The fourth-order valence-corrected chi connectivity index (χ4v) is 4.96. The Morgan fingerprint density at radius 2 is 1.46 bits per heavy atom. The third-order valence-corrected chi connectivity index (χ3v) is 6.67. The maximum Gasteiger partial charge on any atom is 0.408 e. The van der Waals surface area contributed by atoms with Crippen LogP contribution in [0.4, 0.5) is 4.79 Å². The Morgan fingerprint density at radius 3 is 2.06 bits per heavy atom. The van der Waals surface area contributed by atoms with Gasteiger partial charge in [-0.25, -0.2) is 4.79 Å². The summed E-state index contributed by atoms with van der Waals surface area (Å²) in [5, 5.41) is 16.2. The van der Waals surface area contributed by atoms with Gasteiger partial charge in [0.25, 0.3) is 0 Å². The van der Waals surface area contributed by atoms with Gasteiger partial charge >= 0.3 is 12.1 Å². The molecule has 2 aromatic carbocycles. The second-order valence-corrected chi connectivity index (χ2v) is 8.95. The lowest BCUT2D eigenvalue weighted by Gasteiger charge is -2.36. The van der Waals surface area contributed by atoms with Crippen LogP contribution in [0.15, 0.2) is 48.5 Å². The average molecular weight is 480 g/mol. The van der Waals surface area contributed by atoms with Crippen molar-refractivity contribution in [3.8, 4) is 11.1 Å². The Hall–Kier alpha value is -3.88. The van der Waals surface area contributed by atoms with Crippen molar-refractivity contribution in [3.05, 3.63) is 59.7 Å². The maximum absolute atomic E-state index is 13.0. The van der Waals surface area contributed by atoms with Gasteiger partial charge in [-0.3, -0.25) is 14.4 Å². The highest BCUT2D eigenvalue weighted by molar-refractivity contribution is 5.93. The van der Waals surface area contributed by atoms with Crippen LogP contribution >= 0.6 is 0 Å². The van der Waals surface area contributed by atoms with E-state index < -0.39 is 36.0 Å². The first-order valence-corrected chi connectivity index (χ1v) is 11.8. The van der Waals surface area contributed by atoms with Crippen molar-refractivity contribution < 1.29 is 29.0 Å². The molecule has 1 saturated carbocycles. The molecule has 0 atom stereocenters. The molecule has 0 aliphatic heterocycles. The molecule has 0 bridgehead atoms. The molecule has 35 heavy (non-hydrogen) atoms. The molecule has 0 radical (unpaired) electrons. The lowest BCUT2D eigenvalue weighted by molar-refractivity contribution is -0.138. The number of benzene rings is 2. The first-order valence-electron chi connectivity index (χ1n) is 11.8. The predicted octanol–water partition coefficient (Wildman–Crippen LogP) is 2.55. The second kappa shape index (κ2) is 10.6. The van der Waals surface area contributed by atoms with Crippen molar-refractivity contribution in [2.24, 2.45) is 0 Å². The number of nitrogens with one attached hydrogen (secondary N) is 3. The molecule has 0 spiro atoms. The summed E-state index contributed by atoms with van der Waals surface area (Å²) in [4.78, 5) is 48.3. The van der Waals surface area contributed by atoms with Crippen molar-refractivity contribution in [3.63, 3.8) is 0 Å². The number of carboxylic acid groups (broad SMARTS) is 1. The van der Waals surface area contributed by atoms with E-state index >= 15 is 0 Å². The van der Waals surface area contributed by atoms with Crippen molar-refractivity contribution in [2.45, 2.75) is 43.6 Å². The molecule has 4 N–H and O–H groups in total. The van der Waals surface area contributed by atoms with Crippen molar-refractivity contribution in [2.75, 3.05) is 19.7 Å². The monoisotopic (exact) mass is 479 g/mol. The fourth-order valence-electron chi connectivity index (χ4n) is 4.96. The van der Waals surface area contributed by atoms with Crippen LogP contribution in [0, 0.1) is 0 Å². The van der Waals surface area contributed by atoms with Gasteiger partial charge in [-0.1, -0.05) is 67.8 Å². The molecule has 9 nitrogen and oxygen atoms in total. The van der Waals surface area contributed by atoms with E-state index in [1.165, 1.54) is 0 Å². The van der Waals surface area contributed by atoms with E-state index in [0.29, 0.717) is 12.8 Å². The highest BCUT2D eigenvalue weighted by Gasteiger charge is 2.41. The fraction of sp³-hybridized carbons (Fsp3) is 0.385. The zero-order valence-electron chi connectivity index (χ0n) is 19.3. The summed E-state index contributed by atoms with van der Waals surface area (Å²) in [6.45, 7) is -0.771. The summed E-state index contributed by atoms with van der Waals surface area (Å²) in [6.07, 6.45) is 2.63. The Bertz CT molecular complexity index is 1080. The molecule has 0 unspecified atom stereocenters. The van der Waals surface area contributed by atoms with Crippen LogP contribution in [0.2, 0.25) is 0 Å². The standard InChI is InChI=1S/C26H29N3O6/c30-22(27-15-23(31)32)14-28-24(33)26(12-6-1-7-13-26)29-25(34)35-16-21-19-10-4-2-8-17(19)18-9-3-5-11-20(18)21/h2-5,8-11,21H,1,6-7,12-16H2,(H,27,30)(H,28,33)(H,29,34)(H,31,32). The Kier molecular flexibility index (Phi) is 7.33. The summed E-state index contributed by atoms with van der Waals surface area (Å²) in [6, 6.07) is 16.1. The molecular weight excluding hydrogens is 450 g/mol. The third-order valence-electron chi connectivity index (χ3n) is 6.67. The lowest BCUT2D eigenvalue weighted by atomic mass is 9.81. The zero-order chi connectivity index (χ0) is 24.8. The Labute approximate surface area is 203 Å². The number of hydrogen-bond donors (Lipinski definition) is 4. The van der Waals surface area contributed by atoms with Gasteiger partial charge in [0.2, 0.25) is 11.8 Å². The number of carbonyl (C=O) groups is 4. The first kappa shape index (κ1) is 24.3. The van der Waals surface area contributed by atoms with E-state index in [1.54, 1.807) is 0 Å². The van der Waals surface area contributed by atoms with Gasteiger partial charge in [0.05, 0.1) is 6.54 Å². The summed E-state index contributed by atoms with van der Waals surface area (Å²) < 4.78 is 5.63. The normalized spacial score (nSPS) is 15.9. The van der Waals surface area contributed by atoms with Gasteiger partial charge in [-0.15, -0.1) is 0 Å². The second-order valence-electron chi connectivity index (χ2n) is 8.95.